The number of amides is 1. The molecule has 4 bridgehead atoms. The molecule has 0 aromatic heterocycles. The fourth-order valence-electron chi connectivity index (χ4n) is 6.85. The van der Waals surface area contributed by atoms with E-state index in [-0.39, 0.29) is 22.7 Å². The van der Waals surface area contributed by atoms with Gasteiger partial charge in [0, 0.05) is 23.3 Å². The van der Waals surface area contributed by atoms with Crippen LogP contribution in [0.2, 0.25) is 0 Å². The van der Waals surface area contributed by atoms with Crippen LogP contribution in [0.25, 0.3) is 0 Å². The van der Waals surface area contributed by atoms with Crippen molar-refractivity contribution in [1.29, 1.82) is 0 Å². The zero-order chi connectivity index (χ0) is 19.6. The molecule has 27 heavy (non-hydrogen) atoms. The van der Waals surface area contributed by atoms with Crippen LogP contribution >= 0.6 is 11.6 Å². The molecule has 0 saturated heterocycles. The number of hydrogen-bond acceptors (Lipinski definition) is 2. The summed E-state index contributed by atoms with van der Waals surface area (Å²) in [5.74, 6) is 0.892. The molecule has 4 aliphatic rings. The van der Waals surface area contributed by atoms with Crippen LogP contribution in [-0.4, -0.2) is 33.4 Å². The fourth-order valence-corrected chi connectivity index (χ4v) is 7.48. The minimum Gasteiger partial charge on any atom is -0.389 e. The van der Waals surface area contributed by atoms with Crippen LogP contribution < -0.4 is 0 Å². The number of halogens is 1. The van der Waals surface area contributed by atoms with Crippen molar-refractivity contribution in [3.8, 4) is 0 Å². The number of nitrogens with zero attached hydrogens (tertiary/aromatic N) is 1. The van der Waals surface area contributed by atoms with E-state index in [1.54, 1.807) is 0 Å². The second-order valence-electron chi connectivity index (χ2n) is 9.97. The molecule has 0 radical (unpaired) electrons. The van der Waals surface area contributed by atoms with Gasteiger partial charge in [-0.3, -0.25) is 4.79 Å². The minimum absolute atomic E-state index is 0.0735. The molecule has 0 heterocycles. The first-order valence-corrected chi connectivity index (χ1v) is 10.7. The zero-order valence-corrected chi connectivity index (χ0v) is 17.7. The summed E-state index contributed by atoms with van der Waals surface area (Å²) in [5, 5.41) is 12.0. The van der Waals surface area contributed by atoms with E-state index in [1.165, 1.54) is 0 Å². The van der Waals surface area contributed by atoms with E-state index in [4.69, 9.17) is 11.6 Å². The zero-order valence-electron chi connectivity index (χ0n) is 16.9. The molecule has 1 N–H and O–H groups in total. The molecule has 0 spiro atoms. The molecule has 5 rings (SSSR count). The molecule has 148 valence electrons. The van der Waals surface area contributed by atoms with E-state index in [1.807, 2.05) is 44.0 Å². The highest BCUT2D eigenvalue weighted by molar-refractivity contribution is 6.24. The maximum atomic E-state index is 13.0. The predicted molar refractivity (Wildman–Crippen MR) is 108 cm³/mol. The van der Waals surface area contributed by atoms with Crippen LogP contribution in [0.5, 0.6) is 0 Å². The predicted octanol–water partition coefficient (Wildman–Crippen LogP) is 4.78. The summed E-state index contributed by atoms with van der Waals surface area (Å²) < 4.78 is 0. The van der Waals surface area contributed by atoms with Crippen LogP contribution in [0.1, 0.15) is 64.5 Å². The van der Waals surface area contributed by atoms with Gasteiger partial charge >= 0.3 is 0 Å². The molecule has 4 heteroatoms. The number of alkyl halides is 1. The Bertz CT molecular complexity index is 737. The van der Waals surface area contributed by atoms with Gasteiger partial charge in [-0.15, -0.1) is 11.6 Å². The summed E-state index contributed by atoms with van der Waals surface area (Å²) >= 11 is 6.95. The normalized spacial score (nSPS) is 41.0. The van der Waals surface area contributed by atoms with E-state index in [0.29, 0.717) is 18.3 Å². The van der Waals surface area contributed by atoms with E-state index < -0.39 is 11.0 Å². The highest BCUT2D eigenvalue weighted by Crippen LogP contribution is 2.70. The third-order valence-corrected chi connectivity index (χ3v) is 8.33. The van der Waals surface area contributed by atoms with Gasteiger partial charge in [-0.25, -0.2) is 0 Å². The molecule has 1 amide bonds. The summed E-state index contributed by atoms with van der Waals surface area (Å²) in [6, 6.07) is 10.1. The van der Waals surface area contributed by atoms with Gasteiger partial charge in [-0.2, -0.15) is 0 Å². The average molecular weight is 390 g/mol. The standard InChI is InChI=1S/C23H32ClNO2/c1-15(2)20(26)25(4)19(17-8-6-5-7-9-17)21(3)18-10-16-11-22(24,13-18)14-23(21,27)12-16/h5-9,15-16,18-19,27H,10-14H2,1-4H3/t16?,18?,19-,21+,22-,23-/m0/s1. The lowest BCUT2D eigenvalue weighted by Gasteiger charge is -2.69. The van der Waals surface area contributed by atoms with Gasteiger partial charge in [0.25, 0.3) is 0 Å². The third kappa shape index (κ3) is 2.76. The Morgan fingerprint density at radius 3 is 2.44 bits per heavy atom. The lowest BCUT2D eigenvalue weighted by atomic mass is 9.41. The van der Waals surface area contributed by atoms with Crippen molar-refractivity contribution < 1.29 is 9.90 Å². The highest BCUT2D eigenvalue weighted by Gasteiger charge is 2.69. The Balaban J connectivity index is 1.83. The smallest absolute Gasteiger partial charge is 0.225 e. The van der Waals surface area contributed by atoms with Gasteiger partial charge in [0.2, 0.25) is 5.91 Å². The summed E-state index contributed by atoms with van der Waals surface area (Å²) in [6.45, 7) is 6.11. The van der Waals surface area contributed by atoms with Crippen molar-refractivity contribution in [2.75, 3.05) is 7.05 Å². The first kappa shape index (κ1) is 19.3. The number of benzene rings is 1. The molecule has 3 nitrogen and oxygen atoms in total. The van der Waals surface area contributed by atoms with E-state index in [0.717, 1.165) is 31.2 Å². The van der Waals surface area contributed by atoms with Crippen LogP contribution in [0, 0.1) is 23.2 Å². The van der Waals surface area contributed by atoms with E-state index >= 15 is 0 Å². The second kappa shape index (κ2) is 6.22. The van der Waals surface area contributed by atoms with Gasteiger partial charge in [0.15, 0.2) is 0 Å². The number of hydrogen-bond donors (Lipinski definition) is 1. The van der Waals surface area contributed by atoms with E-state index in [2.05, 4.69) is 19.1 Å². The second-order valence-corrected chi connectivity index (χ2v) is 10.8. The molecular weight excluding hydrogens is 358 g/mol. The maximum Gasteiger partial charge on any atom is 0.225 e. The molecular formula is C23H32ClNO2. The monoisotopic (exact) mass is 389 g/mol. The Hall–Kier alpha value is -1.06. The van der Waals surface area contributed by atoms with Crippen molar-refractivity contribution >= 4 is 17.5 Å². The Morgan fingerprint density at radius 2 is 1.89 bits per heavy atom. The highest BCUT2D eigenvalue weighted by atomic mass is 35.5. The van der Waals surface area contributed by atoms with Gasteiger partial charge in [0.05, 0.1) is 11.6 Å². The lowest BCUT2D eigenvalue weighted by molar-refractivity contribution is -0.238. The molecule has 4 aliphatic carbocycles. The molecule has 4 saturated carbocycles. The number of aliphatic hydroxyl groups is 1. The van der Waals surface area contributed by atoms with Crippen LogP contribution in [0.15, 0.2) is 30.3 Å². The summed E-state index contributed by atoms with van der Waals surface area (Å²) in [5.41, 5.74) is -0.116. The molecule has 4 fully saturated rings. The average Bonchev–Trinajstić information content (AvgIpc) is 2.58. The SMILES string of the molecule is CC(C)C(=O)N(C)[C@@H](c1ccccc1)[C@@]1(C)C2CC3C[C@](Cl)(C2)C[C@@]1(O)C3. The Kier molecular flexibility index (Phi) is 4.44. The van der Waals surface area contributed by atoms with Crippen LogP contribution in [-0.2, 0) is 4.79 Å². The summed E-state index contributed by atoms with van der Waals surface area (Å²) in [4.78, 5) is 14.7. The Morgan fingerprint density at radius 1 is 1.22 bits per heavy atom. The van der Waals surface area contributed by atoms with Gasteiger partial charge in [-0.05, 0) is 49.5 Å². The van der Waals surface area contributed by atoms with Crippen molar-refractivity contribution in [1.82, 2.24) is 4.90 Å². The quantitative estimate of drug-likeness (QED) is 0.752. The lowest BCUT2D eigenvalue weighted by Crippen LogP contribution is -2.70. The van der Waals surface area contributed by atoms with Crippen molar-refractivity contribution in [3.63, 3.8) is 0 Å². The number of rotatable bonds is 4. The first-order chi connectivity index (χ1) is 12.6. The summed E-state index contributed by atoms with van der Waals surface area (Å²) in [6.07, 6.45) is 4.52. The third-order valence-electron chi connectivity index (χ3n) is 7.88. The molecule has 6 atom stereocenters. The van der Waals surface area contributed by atoms with E-state index in [9.17, 15) is 9.90 Å². The van der Waals surface area contributed by atoms with Crippen molar-refractivity contribution in [2.45, 2.75) is 69.4 Å². The van der Waals surface area contributed by atoms with Gasteiger partial charge in [0.1, 0.15) is 0 Å². The van der Waals surface area contributed by atoms with Crippen molar-refractivity contribution in [3.05, 3.63) is 35.9 Å². The maximum absolute atomic E-state index is 13.0. The molecule has 1 aromatic carbocycles. The van der Waals surface area contributed by atoms with Crippen LogP contribution in [0.4, 0.5) is 0 Å². The molecule has 1 aromatic rings. The Labute approximate surface area is 168 Å². The topological polar surface area (TPSA) is 40.5 Å². The number of carbonyl (C=O) groups excluding carboxylic acids is 1. The van der Waals surface area contributed by atoms with Crippen molar-refractivity contribution in [2.24, 2.45) is 23.2 Å². The fraction of sp³-hybridized carbons (Fsp3) is 0.696. The summed E-state index contributed by atoms with van der Waals surface area (Å²) in [7, 11) is 1.91. The first-order valence-electron chi connectivity index (χ1n) is 10.3. The largest absolute Gasteiger partial charge is 0.389 e. The van der Waals surface area contributed by atoms with Crippen LogP contribution in [0.3, 0.4) is 0 Å². The number of carbonyl (C=O) groups is 1. The molecule has 2 unspecified atom stereocenters. The van der Waals surface area contributed by atoms with Gasteiger partial charge in [-0.1, -0.05) is 51.1 Å². The molecule has 0 aliphatic heterocycles. The van der Waals surface area contributed by atoms with Gasteiger partial charge < -0.3 is 10.0 Å². The minimum atomic E-state index is -0.829.